The zero-order chi connectivity index (χ0) is 12.1. The van der Waals surface area contributed by atoms with Crippen molar-refractivity contribution in [3.63, 3.8) is 0 Å². The molecule has 0 heterocycles. The van der Waals surface area contributed by atoms with E-state index in [0.717, 1.165) is 31.4 Å². The highest BCUT2D eigenvalue weighted by molar-refractivity contribution is 5.29. The summed E-state index contributed by atoms with van der Waals surface area (Å²) in [6, 6.07) is 8.21. The maximum absolute atomic E-state index is 9.48. The summed E-state index contributed by atoms with van der Waals surface area (Å²) in [5.41, 5.74) is 1.35. The summed E-state index contributed by atoms with van der Waals surface area (Å²) in [6.45, 7) is 0.287. The lowest BCUT2D eigenvalue weighted by atomic mass is 9.83. The van der Waals surface area contributed by atoms with E-state index < -0.39 is 0 Å². The third-order valence-corrected chi connectivity index (χ3v) is 3.39. The van der Waals surface area contributed by atoms with Gasteiger partial charge in [-0.05, 0) is 49.3 Å². The number of ether oxygens (including phenoxy) is 2. The Kier molecular flexibility index (Phi) is 4.40. The number of aliphatic hydroxyl groups excluding tert-OH is 1. The summed E-state index contributed by atoms with van der Waals surface area (Å²) in [6.07, 6.45) is 3.92. The van der Waals surface area contributed by atoms with E-state index in [9.17, 15) is 5.11 Å². The van der Waals surface area contributed by atoms with Crippen LogP contribution >= 0.6 is 0 Å². The van der Waals surface area contributed by atoms with Gasteiger partial charge in [0.25, 0.3) is 0 Å². The van der Waals surface area contributed by atoms with Crippen molar-refractivity contribution >= 4 is 0 Å². The molecule has 3 nitrogen and oxygen atoms in total. The fourth-order valence-electron chi connectivity index (χ4n) is 2.37. The predicted molar refractivity (Wildman–Crippen MR) is 66.2 cm³/mol. The molecule has 0 aliphatic heterocycles. The van der Waals surface area contributed by atoms with E-state index in [1.165, 1.54) is 5.56 Å². The van der Waals surface area contributed by atoms with Crippen LogP contribution in [-0.4, -0.2) is 25.1 Å². The van der Waals surface area contributed by atoms with Crippen molar-refractivity contribution < 1.29 is 14.6 Å². The molecule has 0 radical (unpaired) electrons. The van der Waals surface area contributed by atoms with E-state index >= 15 is 0 Å². The third kappa shape index (κ3) is 3.45. The zero-order valence-electron chi connectivity index (χ0n) is 10.3. The van der Waals surface area contributed by atoms with Gasteiger partial charge in [0.1, 0.15) is 5.75 Å². The van der Waals surface area contributed by atoms with Crippen molar-refractivity contribution in [3.8, 4) is 5.75 Å². The second kappa shape index (κ2) is 6.03. The van der Waals surface area contributed by atoms with Crippen LogP contribution in [0.1, 0.15) is 37.2 Å². The van der Waals surface area contributed by atoms with Crippen molar-refractivity contribution in [2.24, 2.45) is 0 Å². The van der Waals surface area contributed by atoms with Gasteiger partial charge in [0.05, 0.1) is 6.10 Å². The van der Waals surface area contributed by atoms with Crippen LogP contribution in [0.3, 0.4) is 0 Å². The van der Waals surface area contributed by atoms with Crippen LogP contribution < -0.4 is 4.74 Å². The number of hydrogen-bond donors (Lipinski definition) is 1. The van der Waals surface area contributed by atoms with Gasteiger partial charge in [0.2, 0.25) is 0 Å². The zero-order valence-corrected chi connectivity index (χ0v) is 10.3. The summed E-state index contributed by atoms with van der Waals surface area (Å²) < 4.78 is 10.2. The molecule has 1 aromatic rings. The average Bonchev–Trinajstić information content (AvgIpc) is 2.38. The molecule has 1 saturated carbocycles. The van der Waals surface area contributed by atoms with Crippen LogP contribution in [0.4, 0.5) is 0 Å². The van der Waals surface area contributed by atoms with Gasteiger partial charge in [-0.25, -0.2) is 0 Å². The molecule has 3 heteroatoms. The number of aliphatic hydroxyl groups is 1. The quantitative estimate of drug-likeness (QED) is 0.817. The number of hydrogen-bond acceptors (Lipinski definition) is 3. The van der Waals surface area contributed by atoms with Crippen molar-refractivity contribution in [1.82, 2.24) is 0 Å². The SMILES string of the molecule is COCOc1ccc([C@H]2CC[C@H](O)CC2)cc1. The summed E-state index contributed by atoms with van der Waals surface area (Å²) >= 11 is 0. The highest BCUT2D eigenvalue weighted by Gasteiger charge is 2.20. The lowest BCUT2D eigenvalue weighted by Gasteiger charge is -2.25. The summed E-state index contributed by atoms with van der Waals surface area (Å²) in [4.78, 5) is 0. The minimum atomic E-state index is -0.0874. The molecule has 1 aliphatic carbocycles. The Morgan fingerprint density at radius 3 is 2.35 bits per heavy atom. The molecule has 0 unspecified atom stereocenters. The van der Waals surface area contributed by atoms with Crippen LogP contribution in [0, 0.1) is 0 Å². The van der Waals surface area contributed by atoms with Gasteiger partial charge in [-0.3, -0.25) is 0 Å². The molecule has 1 aliphatic rings. The molecule has 0 aromatic heterocycles. The molecule has 0 amide bonds. The first kappa shape index (κ1) is 12.4. The van der Waals surface area contributed by atoms with Crippen molar-refractivity contribution in [1.29, 1.82) is 0 Å². The maximum Gasteiger partial charge on any atom is 0.188 e. The first-order valence-electron chi connectivity index (χ1n) is 6.19. The van der Waals surface area contributed by atoms with Gasteiger partial charge in [-0.1, -0.05) is 12.1 Å². The van der Waals surface area contributed by atoms with Crippen LogP contribution in [0.15, 0.2) is 24.3 Å². The monoisotopic (exact) mass is 236 g/mol. The highest BCUT2D eigenvalue weighted by atomic mass is 16.7. The molecule has 0 spiro atoms. The first-order valence-corrected chi connectivity index (χ1v) is 6.19. The van der Waals surface area contributed by atoms with Crippen LogP contribution in [-0.2, 0) is 4.74 Å². The number of methoxy groups -OCH3 is 1. The maximum atomic E-state index is 9.48. The van der Waals surface area contributed by atoms with E-state index in [2.05, 4.69) is 12.1 Å². The van der Waals surface area contributed by atoms with Gasteiger partial charge in [-0.2, -0.15) is 0 Å². The average molecular weight is 236 g/mol. The molecule has 0 bridgehead atoms. The molecule has 2 rings (SSSR count). The largest absolute Gasteiger partial charge is 0.468 e. The Hall–Kier alpha value is -1.06. The molecule has 94 valence electrons. The molecule has 0 saturated heterocycles. The topological polar surface area (TPSA) is 38.7 Å². The van der Waals surface area contributed by atoms with Gasteiger partial charge in [0.15, 0.2) is 6.79 Å². The lowest BCUT2D eigenvalue weighted by Crippen LogP contribution is -2.16. The molecule has 0 atom stereocenters. The van der Waals surface area contributed by atoms with E-state index in [0.29, 0.717) is 5.92 Å². The lowest BCUT2D eigenvalue weighted by molar-refractivity contribution is 0.0511. The molecule has 17 heavy (non-hydrogen) atoms. The molecule has 1 N–H and O–H groups in total. The van der Waals surface area contributed by atoms with Gasteiger partial charge >= 0.3 is 0 Å². The number of rotatable bonds is 4. The van der Waals surface area contributed by atoms with Gasteiger partial charge in [0, 0.05) is 7.11 Å². The van der Waals surface area contributed by atoms with E-state index in [1.807, 2.05) is 12.1 Å². The van der Waals surface area contributed by atoms with E-state index in [1.54, 1.807) is 7.11 Å². The fraction of sp³-hybridized carbons (Fsp3) is 0.571. The molecule has 1 fully saturated rings. The van der Waals surface area contributed by atoms with Gasteiger partial charge in [-0.15, -0.1) is 0 Å². The summed E-state index contributed by atoms with van der Waals surface area (Å²) in [5.74, 6) is 1.43. The van der Waals surface area contributed by atoms with Crippen molar-refractivity contribution in [2.75, 3.05) is 13.9 Å². The molecular weight excluding hydrogens is 216 g/mol. The predicted octanol–water partition coefficient (Wildman–Crippen LogP) is 2.69. The fourth-order valence-corrected chi connectivity index (χ4v) is 2.37. The smallest absolute Gasteiger partial charge is 0.188 e. The molecular formula is C14H20O3. The minimum Gasteiger partial charge on any atom is -0.468 e. The normalized spacial score (nSPS) is 24.6. The number of benzene rings is 1. The Bertz CT molecular complexity index is 326. The standard InChI is InChI=1S/C14H20O3/c1-16-10-17-14-8-4-12(5-9-14)11-2-6-13(15)7-3-11/h4-5,8-9,11,13,15H,2-3,6-7,10H2,1H3/t11-,13-. The van der Waals surface area contributed by atoms with Crippen LogP contribution in [0.5, 0.6) is 5.75 Å². The second-order valence-electron chi connectivity index (χ2n) is 4.63. The minimum absolute atomic E-state index is 0.0874. The Balaban J connectivity index is 1.93. The summed E-state index contributed by atoms with van der Waals surface area (Å²) in [7, 11) is 1.61. The third-order valence-electron chi connectivity index (χ3n) is 3.39. The van der Waals surface area contributed by atoms with Crippen LogP contribution in [0.25, 0.3) is 0 Å². The Labute approximate surface area is 102 Å². The van der Waals surface area contributed by atoms with Crippen LogP contribution in [0.2, 0.25) is 0 Å². The molecule has 1 aromatic carbocycles. The highest BCUT2D eigenvalue weighted by Crippen LogP contribution is 2.33. The Morgan fingerprint density at radius 1 is 1.12 bits per heavy atom. The van der Waals surface area contributed by atoms with E-state index in [4.69, 9.17) is 9.47 Å². The Morgan fingerprint density at radius 2 is 1.76 bits per heavy atom. The van der Waals surface area contributed by atoms with Gasteiger partial charge < -0.3 is 14.6 Å². The second-order valence-corrected chi connectivity index (χ2v) is 4.63. The first-order chi connectivity index (χ1) is 8.29. The van der Waals surface area contributed by atoms with E-state index in [-0.39, 0.29) is 12.9 Å². The summed E-state index contributed by atoms with van der Waals surface area (Å²) in [5, 5.41) is 9.48. The van der Waals surface area contributed by atoms with Crippen molar-refractivity contribution in [3.05, 3.63) is 29.8 Å². The van der Waals surface area contributed by atoms with Crippen molar-refractivity contribution in [2.45, 2.75) is 37.7 Å².